The molecule has 1 N–H and O–H groups in total. The highest BCUT2D eigenvalue weighted by molar-refractivity contribution is 6.03. The zero-order valence-corrected chi connectivity index (χ0v) is 13.9. The molecule has 0 unspecified atom stereocenters. The third-order valence-corrected chi connectivity index (χ3v) is 3.53. The quantitative estimate of drug-likeness (QED) is 0.771. The van der Waals surface area contributed by atoms with Crippen LogP contribution in [0.1, 0.15) is 32.4 Å². The number of aryl methyl sites for hydroxylation is 1. The van der Waals surface area contributed by atoms with Gasteiger partial charge in [0.25, 0.3) is 11.8 Å². The van der Waals surface area contributed by atoms with Crippen LogP contribution in [-0.2, 0) is 6.54 Å². The van der Waals surface area contributed by atoms with Crippen molar-refractivity contribution < 1.29 is 18.5 Å². The van der Waals surface area contributed by atoms with Gasteiger partial charge >= 0.3 is 0 Å². The highest BCUT2D eigenvalue weighted by atomic mass is 16.5. The molecule has 7 nitrogen and oxygen atoms in total. The van der Waals surface area contributed by atoms with E-state index in [9.17, 15) is 9.59 Å². The van der Waals surface area contributed by atoms with Crippen molar-refractivity contribution in [1.29, 1.82) is 0 Å². The van der Waals surface area contributed by atoms with Gasteiger partial charge in [-0.15, -0.1) is 0 Å². The smallest absolute Gasteiger partial charge is 0.291 e. The van der Waals surface area contributed by atoms with Crippen LogP contribution < -0.4 is 5.32 Å². The highest BCUT2D eigenvalue weighted by Gasteiger charge is 2.15. The summed E-state index contributed by atoms with van der Waals surface area (Å²) in [7, 11) is 1.68. The predicted molar refractivity (Wildman–Crippen MR) is 90.1 cm³/mol. The van der Waals surface area contributed by atoms with E-state index >= 15 is 0 Å². The van der Waals surface area contributed by atoms with E-state index in [0.717, 1.165) is 0 Å². The number of nitrogens with one attached hydrogen (secondary N) is 1. The van der Waals surface area contributed by atoms with Gasteiger partial charge in [-0.3, -0.25) is 9.59 Å². The highest BCUT2D eigenvalue weighted by Crippen LogP contribution is 2.15. The summed E-state index contributed by atoms with van der Waals surface area (Å²) in [5.41, 5.74) is 1.65. The monoisotopic (exact) mass is 339 g/mol. The number of hydrogen-bond donors (Lipinski definition) is 1. The molecule has 3 aromatic rings. The first-order valence-electron chi connectivity index (χ1n) is 7.65. The predicted octanol–water partition coefficient (Wildman–Crippen LogP) is 3.10. The fraction of sp³-hybridized carbons (Fsp3) is 0.167. The van der Waals surface area contributed by atoms with E-state index in [4.69, 9.17) is 8.94 Å². The first-order chi connectivity index (χ1) is 12.0. The third-order valence-electron chi connectivity index (χ3n) is 3.53. The molecule has 0 atom stereocenters. The number of benzene rings is 1. The van der Waals surface area contributed by atoms with Crippen LogP contribution in [0.4, 0.5) is 5.69 Å². The standard InChI is InChI=1S/C18H17N3O4/c1-12-9-15(20-25-12)11-21(2)18(23)13-5-3-6-14(10-13)19-17(22)16-7-4-8-24-16/h3-10H,11H2,1-2H3,(H,19,22). The molecular formula is C18H17N3O4. The fourth-order valence-corrected chi connectivity index (χ4v) is 2.36. The third kappa shape index (κ3) is 3.95. The summed E-state index contributed by atoms with van der Waals surface area (Å²) in [4.78, 5) is 26.1. The van der Waals surface area contributed by atoms with Crippen LogP contribution in [0.2, 0.25) is 0 Å². The Morgan fingerprint density at radius 3 is 2.72 bits per heavy atom. The topological polar surface area (TPSA) is 88.6 Å². The number of carbonyl (C=O) groups is 2. The van der Waals surface area contributed by atoms with Gasteiger partial charge in [-0.05, 0) is 37.3 Å². The van der Waals surface area contributed by atoms with Gasteiger partial charge in [-0.1, -0.05) is 11.2 Å². The number of amides is 2. The minimum absolute atomic E-state index is 0.185. The van der Waals surface area contributed by atoms with E-state index in [1.54, 1.807) is 56.4 Å². The molecule has 0 saturated heterocycles. The van der Waals surface area contributed by atoms with Gasteiger partial charge in [0.05, 0.1) is 12.8 Å². The largest absolute Gasteiger partial charge is 0.459 e. The first kappa shape index (κ1) is 16.5. The van der Waals surface area contributed by atoms with Crippen LogP contribution in [0.25, 0.3) is 0 Å². The van der Waals surface area contributed by atoms with Gasteiger partial charge in [0, 0.05) is 24.4 Å². The van der Waals surface area contributed by atoms with Crippen molar-refractivity contribution in [2.24, 2.45) is 0 Å². The van der Waals surface area contributed by atoms with Crippen LogP contribution in [-0.4, -0.2) is 28.9 Å². The maximum Gasteiger partial charge on any atom is 0.291 e. The van der Waals surface area contributed by atoms with Crippen molar-refractivity contribution in [3.63, 3.8) is 0 Å². The van der Waals surface area contributed by atoms with Crippen molar-refractivity contribution >= 4 is 17.5 Å². The van der Waals surface area contributed by atoms with Crippen LogP contribution in [0.5, 0.6) is 0 Å². The SMILES string of the molecule is Cc1cc(CN(C)C(=O)c2cccc(NC(=O)c3ccco3)c2)no1. The van der Waals surface area contributed by atoms with Crippen LogP contribution in [0.3, 0.4) is 0 Å². The van der Waals surface area contributed by atoms with E-state index in [1.165, 1.54) is 11.2 Å². The van der Waals surface area contributed by atoms with Gasteiger partial charge < -0.3 is 19.2 Å². The summed E-state index contributed by atoms with van der Waals surface area (Å²) in [6, 6.07) is 11.7. The summed E-state index contributed by atoms with van der Waals surface area (Å²) in [5, 5.41) is 6.58. The maximum atomic E-state index is 12.6. The average molecular weight is 339 g/mol. The number of hydrogen-bond acceptors (Lipinski definition) is 5. The van der Waals surface area contributed by atoms with Gasteiger partial charge in [0.2, 0.25) is 0 Å². The summed E-state index contributed by atoms with van der Waals surface area (Å²) in [6.07, 6.45) is 1.43. The van der Waals surface area contributed by atoms with Crippen molar-refractivity contribution in [1.82, 2.24) is 10.1 Å². The second-order valence-electron chi connectivity index (χ2n) is 5.60. The average Bonchev–Trinajstić information content (AvgIpc) is 3.26. The molecule has 0 spiro atoms. The minimum Gasteiger partial charge on any atom is -0.459 e. The molecule has 3 rings (SSSR count). The Balaban J connectivity index is 1.69. The van der Waals surface area contributed by atoms with Gasteiger partial charge in [0.1, 0.15) is 11.5 Å². The molecule has 25 heavy (non-hydrogen) atoms. The van der Waals surface area contributed by atoms with Crippen LogP contribution in [0, 0.1) is 6.92 Å². The number of anilines is 1. The van der Waals surface area contributed by atoms with Gasteiger partial charge in [0.15, 0.2) is 5.76 Å². The van der Waals surface area contributed by atoms with Crippen LogP contribution in [0.15, 0.2) is 57.7 Å². The molecule has 2 aromatic heterocycles. The lowest BCUT2D eigenvalue weighted by molar-refractivity contribution is 0.0782. The van der Waals surface area contributed by atoms with Gasteiger partial charge in [-0.25, -0.2) is 0 Å². The second kappa shape index (κ2) is 7.04. The Labute approximate surface area is 144 Å². The molecule has 0 saturated carbocycles. The normalized spacial score (nSPS) is 10.5. The zero-order chi connectivity index (χ0) is 17.8. The molecule has 0 fully saturated rings. The number of furan rings is 1. The summed E-state index contributed by atoms with van der Waals surface area (Å²) in [6.45, 7) is 2.13. The molecule has 2 amide bonds. The summed E-state index contributed by atoms with van der Waals surface area (Å²) in [5.74, 6) is 0.338. The summed E-state index contributed by atoms with van der Waals surface area (Å²) < 4.78 is 10.1. The van der Waals surface area contributed by atoms with Gasteiger partial charge in [-0.2, -0.15) is 0 Å². The molecular weight excluding hydrogens is 322 g/mol. The Bertz CT molecular complexity index is 883. The van der Waals surface area contributed by atoms with Crippen LogP contribution >= 0.6 is 0 Å². The molecule has 0 radical (unpaired) electrons. The first-order valence-corrected chi connectivity index (χ1v) is 7.65. The van der Waals surface area contributed by atoms with Crippen molar-refractivity contribution in [2.45, 2.75) is 13.5 Å². The fourth-order valence-electron chi connectivity index (χ4n) is 2.36. The zero-order valence-electron chi connectivity index (χ0n) is 13.9. The molecule has 7 heteroatoms. The Morgan fingerprint density at radius 1 is 1.20 bits per heavy atom. The molecule has 0 aliphatic heterocycles. The second-order valence-corrected chi connectivity index (χ2v) is 5.60. The Kier molecular flexibility index (Phi) is 4.65. The Hall–Kier alpha value is -3.35. The minimum atomic E-state index is -0.374. The Morgan fingerprint density at radius 2 is 2.04 bits per heavy atom. The van der Waals surface area contributed by atoms with E-state index in [-0.39, 0.29) is 17.6 Å². The lowest BCUT2D eigenvalue weighted by atomic mass is 10.1. The number of nitrogens with zero attached hydrogens (tertiary/aromatic N) is 2. The van der Waals surface area contributed by atoms with E-state index in [1.807, 2.05) is 0 Å². The van der Waals surface area contributed by atoms with Crippen molar-refractivity contribution in [2.75, 3.05) is 12.4 Å². The molecule has 0 aliphatic carbocycles. The number of aromatic nitrogens is 1. The molecule has 0 bridgehead atoms. The van der Waals surface area contributed by atoms with E-state index in [2.05, 4.69) is 10.5 Å². The number of carbonyl (C=O) groups excluding carboxylic acids is 2. The summed E-state index contributed by atoms with van der Waals surface area (Å²) >= 11 is 0. The molecule has 128 valence electrons. The molecule has 1 aromatic carbocycles. The number of rotatable bonds is 5. The van der Waals surface area contributed by atoms with E-state index in [0.29, 0.717) is 29.2 Å². The van der Waals surface area contributed by atoms with Crippen molar-refractivity contribution in [3.05, 3.63) is 71.5 Å². The lowest BCUT2D eigenvalue weighted by Crippen LogP contribution is -2.26. The van der Waals surface area contributed by atoms with Crippen molar-refractivity contribution in [3.8, 4) is 0 Å². The maximum absolute atomic E-state index is 12.6. The molecule has 2 heterocycles. The lowest BCUT2D eigenvalue weighted by Gasteiger charge is -2.16. The molecule has 0 aliphatic rings. The van der Waals surface area contributed by atoms with E-state index < -0.39 is 0 Å².